The summed E-state index contributed by atoms with van der Waals surface area (Å²) in [7, 11) is 1.53. The van der Waals surface area contributed by atoms with E-state index in [2.05, 4.69) is 5.32 Å². The maximum Gasteiger partial charge on any atom is 0.348 e. The van der Waals surface area contributed by atoms with Crippen molar-refractivity contribution in [1.82, 2.24) is 0 Å². The summed E-state index contributed by atoms with van der Waals surface area (Å²) in [6, 6.07) is 23.2. The van der Waals surface area contributed by atoms with Crippen LogP contribution in [0.3, 0.4) is 0 Å². The third kappa shape index (κ3) is 5.85. The van der Waals surface area contributed by atoms with Crippen LogP contribution in [0.2, 0.25) is 0 Å². The lowest BCUT2D eigenvalue weighted by Crippen LogP contribution is -2.32. The van der Waals surface area contributed by atoms with E-state index in [-0.39, 0.29) is 0 Å². The standard InChI is InChI=1S/C25H25NO5/c1-17-14-15-22(29-3)21(16-17)26-24(27)23(19-10-6-4-7-11-19)31-25(28)18(2)30-20-12-8-5-9-13-20/h4-16,18,23H,1-3H3,(H,26,27)/t18-,23-/m0/s1. The zero-order chi connectivity index (χ0) is 22.2. The first-order chi connectivity index (χ1) is 15.0. The number of aryl methyl sites for hydroxylation is 1. The summed E-state index contributed by atoms with van der Waals surface area (Å²) >= 11 is 0. The molecule has 0 aliphatic heterocycles. The fourth-order valence-electron chi connectivity index (χ4n) is 2.98. The predicted octanol–water partition coefficient (Wildman–Crippen LogP) is 4.69. The van der Waals surface area contributed by atoms with E-state index >= 15 is 0 Å². The summed E-state index contributed by atoms with van der Waals surface area (Å²) in [5.41, 5.74) is 2.00. The highest BCUT2D eigenvalue weighted by Gasteiger charge is 2.29. The van der Waals surface area contributed by atoms with Crippen LogP contribution in [0.15, 0.2) is 78.9 Å². The summed E-state index contributed by atoms with van der Waals surface area (Å²) in [4.78, 5) is 25.8. The Morgan fingerprint density at radius 2 is 1.55 bits per heavy atom. The molecule has 0 unspecified atom stereocenters. The van der Waals surface area contributed by atoms with Crippen LogP contribution in [0.4, 0.5) is 5.69 Å². The Bertz CT molecular complexity index is 1020. The first-order valence-corrected chi connectivity index (χ1v) is 9.90. The first kappa shape index (κ1) is 21.9. The molecule has 0 heterocycles. The molecule has 1 amide bonds. The fourth-order valence-corrected chi connectivity index (χ4v) is 2.98. The predicted molar refractivity (Wildman–Crippen MR) is 118 cm³/mol. The lowest BCUT2D eigenvalue weighted by Gasteiger charge is -2.21. The van der Waals surface area contributed by atoms with Crippen molar-refractivity contribution in [3.63, 3.8) is 0 Å². The van der Waals surface area contributed by atoms with E-state index in [1.165, 1.54) is 7.11 Å². The quantitative estimate of drug-likeness (QED) is 0.536. The molecular formula is C25H25NO5. The van der Waals surface area contributed by atoms with Gasteiger partial charge in [0, 0.05) is 5.56 Å². The molecule has 6 heteroatoms. The Morgan fingerprint density at radius 1 is 0.903 bits per heavy atom. The molecular weight excluding hydrogens is 394 g/mol. The van der Waals surface area contributed by atoms with Crippen molar-refractivity contribution < 1.29 is 23.8 Å². The Labute approximate surface area is 181 Å². The third-order valence-electron chi connectivity index (χ3n) is 4.58. The number of nitrogens with one attached hydrogen (secondary N) is 1. The molecule has 0 radical (unpaired) electrons. The Kier molecular flexibility index (Phi) is 7.27. The highest BCUT2D eigenvalue weighted by Crippen LogP contribution is 2.28. The van der Waals surface area contributed by atoms with E-state index in [1.54, 1.807) is 55.5 Å². The second-order valence-electron chi connectivity index (χ2n) is 6.99. The van der Waals surface area contributed by atoms with E-state index in [1.807, 2.05) is 37.3 Å². The van der Waals surface area contributed by atoms with Gasteiger partial charge in [-0.1, -0.05) is 54.6 Å². The van der Waals surface area contributed by atoms with Gasteiger partial charge in [-0.3, -0.25) is 4.79 Å². The molecule has 0 aromatic heterocycles. The van der Waals surface area contributed by atoms with Crippen molar-refractivity contribution in [2.45, 2.75) is 26.1 Å². The van der Waals surface area contributed by atoms with Gasteiger partial charge in [-0.25, -0.2) is 4.79 Å². The molecule has 160 valence electrons. The van der Waals surface area contributed by atoms with Gasteiger partial charge in [0.15, 0.2) is 6.10 Å². The van der Waals surface area contributed by atoms with Gasteiger partial charge < -0.3 is 19.5 Å². The maximum absolute atomic E-state index is 13.1. The molecule has 0 bridgehead atoms. The number of para-hydroxylation sites is 1. The first-order valence-electron chi connectivity index (χ1n) is 9.90. The van der Waals surface area contributed by atoms with Gasteiger partial charge in [-0.15, -0.1) is 0 Å². The molecule has 0 aliphatic carbocycles. The van der Waals surface area contributed by atoms with Crippen molar-refractivity contribution >= 4 is 17.6 Å². The van der Waals surface area contributed by atoms with Crippen LogP contribution >= 0.6 is 0 Å². The van der Waals surface area contributed by atoms with Crippen LogP contribution in [0.25, 0.3) is 0 Å². The van der Waals surface area contributed by atoms with Crippen LogP contribution in [0.1, 0.15) is 24.2 Å². The third-order valence-corrected chi connectivity index (χ3v) is 4.58. The minimum atomic E-state index is -1.15. The van der Waals surface area contributed by atoms with Gasteiger partial charge in [0.2, 0.25) is 6.10 Å². The van der Waals surface area contributed by atoms with E-state index in [9.17, 15) is 9.59 Å². The van der Waals surface area contributed by atoms with E-state index in [4.69, 9.17) is 14.2 Å². The second kappa shape index (κ2) is 10.3. The molecule has 0 saturated carbocycles. The number of hydrogen-bond donors (Lipinski definition) is 1. The van der Waals surface area contributed by atoms with Crippen molar-refractivity contribution in [3.8, 4) is 11.5 Å². The van der Waals surface area contributed by atoms with Crippen molar-refractivity contribution in [3.05, 3.63) is 90.0 Å². The Balaban J connectivity index is 1.79. The molecule has 0 fully saturated rings. The molecule has 1 N–H and O–H groups in total. The Morgan fingerprint density at radius 3 is 2.19 bits per heavy atom. The smallest absolute Gasteiger partial charge is 0.348 e. The normalized spacial score (nSPS) is 12.4. The number of esters is 1. The summed E-state index contributed by atoms with van der Waals surface area (Å²) in [6.07, 6.45) is -2.05. The number of benzene rings is 3. The lowest BCUT2D eigenvalue weighted by molar-refractivity contribution is -0.161. The number of ether oxygens (including phenoxy) is 3. The minimum absolute atomic E-state index is 0.490. The van der Waals surface area contributed by atoms with Crippen LogP contribution in [0.5, 0.6) is 11.5 Å². The average molecular weight is 419 g/mol. The number of amides is 1. The van der Waals surface area contributed by atoms with Crippen LogP contribution in [-0.4, -0.2) is 25.1 Å². The molecule has 31 heavy (non-hydrogen) atoms. The molecule has 6 nitrogen and oxygen atoms in total. The summed E-state index contributed by atoms with van der Waals surface area (Å²) in [5, 5.41) is 2.81. The van der Waals surface area contributed by atoms with Gasteiger partial charge in [0.05, 0.1) is 12.8 Å². The van der Waals surface area contributed by atoms with E-state index in [0.717, 1.165) is 5.56 Å². The second-order valence-corrected chi connectivity index (χ2v) is 6.99. The van der Waals surface area contributed by atoms with Gasteiger partial charge >= 0.3 is 5.97 Å². The van der Waals surface area contributed by atoms with Crippen molar-refractivity contribution in [2.75, 3.05) is 12.4 Å². The monoisotopic (exact) mass is 419 g/mol. The van der Waals surface area contributed by atoms with Gasteiger partial charge in [0.25, 0.3) is 5.91 Å². The highest BCUT2D eigenvalue weighted by molar-refractivity contribution is 5.97. The topological polar surface area (TPSA) is 73.9 Å². The Hall–Kier alpha value is -3.80. The number of carbonyl (C=O) groups excluding carboxylic acids is 2. The summed E-state index contributed by atoms with van der Waals surface area (Å²) in [6.45, 7) is 3.49. The molecule has 3 rings (SSSR count). The number of methoxy groups -OCH3 is 1. The molecule has 2 atom stereocenters. The van der Waals surface area contributed by atoms with Gasteiger partial charge in [-0.2, -0.15) is 0 Å². The van der Waals surface area contributed by atoms with Crippen LogP contribution in [0, 0.1) is 6.92 Å². The molecule has 3 aromatic rings. The largest absolute Gasteiger partial charge is 0.495 e. The zero-order valence-electron chi connectivity index (χ0n) is 17.7. The van der Waals surface area contributed by atoms with Gasteiger partial charge in [0.1, 0.15) is 11.5 Å². The average Bonchev–Trinajstić information content (AvgIpc) is 2.78. The molecule has 3 aromatic carbocycles. The number of rotatable bonds is 8. The number of carbonyl (C=O) groups is 2. The fraction of sp³-hybridized carbons (Fsp3) is 0.200. The summed E-state index contributed by atoms with van der Waals surface area (Å²) in [5.74, 6) is -0.0885. The van der Waals surface area contributed by atoms with Crippen molar-refractivity contribution in [2.24, 2.45) is 0 Å². The van der Waals surface area contributed by atoms with E-state index < -0.39 is 24.1 Å². The lowest BCUT2D eigenvalue weighted by atomic mass is 10.1. The zero-order valence-corrected chi connectivity index (χ0v) is 17.7. The number of anilines is 1. The molecule has 0 saturated heterocycles. The summed E-state index contributed by atoms with van der Waals surface area (Å²) < 4.78 is 16.6. The maximum atomic E-state index is 13.1. The van der Waals surface area contributed by atoms with Crippen molar-refractivity contribution in [1.29, 1.82) is 0 Å². The van der Waals surface area contributed by atoms with E-state index in [0.29, 0.717) is 22.7 Å². The molecule has 0 aliphatic rings. The van der Waals surface area contributed by atoms with Crippen LogP contribution in [-0.2, 0) is 14.3 Å². The SMILES string of the molecule is COc1ccc(C)cc1NC(=O)[C@@H](OC(=O)[C@H](C)Oc1ccccc1)c1ccccc1. The number of hydrogen-bond acceptors (Lipinski definition) is 5. The minimum Gasteiger partial charge on any atom is -0.495 e. The van der Waals surface area contributed by atoms with Crippen LogP contribution < -0.4 is 14.8 Å². The highest BCUT2D eigenvalue weighted by atomic mass is 16.6. The van der Waals surface area contributed by atoms with Gasteiger partial charge in [-0.05, 0) is 43.7 Å². The molecule has 0 spiro atoms.